The Morgan fingerprint density at radius 3 is 2.50 bits per heavy atom. The number of rotatable bonds is 6. The Labute approximate surface area is 171 Å². The molecule has 1 aliphatic rings. The van der Waals surface area contributed by atoms with Crippen LogP contribution < -0.4 is 5.32 Å². The Bertz CT molecular complexity index is 923. The summed E-state index contributed by atoms with van der Waals surface area (Å²) < 4.78 is 40.5. The Kier molecular flexibility index (Phi) is 6.69. The zero-order valence-electron chi connectivity index (χ0n) is 15.5. The van der Waals surface area contributed by atoms with Crippen molar-refractivity contribution in [1.82, 2.24) is 14.5 Å². The van der Waals surface area contributed by atoms with Crippen molar-refractivity contribution in [3.8, 4) is 0 Å². The summed E-state index contributed by atoms with van der Waals surface area (Å²) in [7, 11) is -3.68. The van der Waals surface area contributed by atoms with Gasteiger partial charge in [-0.1, -0.05) is 36.9 Å². The van der Waals surface area contributed by atoms with Crippen LogP contribution in [0.4, 0.5) is 9.52 Å². The van der Waals surface area contributed by atoms with E-state index in [0.717, 1.165) is 16.5 Å². The summed E-state index contributed by atoms with van der Waals surface area (Å²) in [5.41, 5.74) is 0. The number of amides is 1. The number of anilines is 1. The van der Waals surface area contributed by atoms with Crippen molar-refractivity contribution in [2.75, 3.05) is 18.4 Å². The zero-order chi connectivity index (χ0) is 20.3. The molecule has 1 N–H and O–H groups in total. The second-order valence-corrected chi connectivity index (χ2v) is 11.4. The molecule has 28 heavy (non-hydrogen) atoms. The van der Waals surface area contributed by atoms with Crippen LogP contribution in [-0.4, -0.2) is 47.2 Å². The van der Waals surface area contributed by atoms with E-state index in [4.69, 9.17) is 0 Å². The van der Waals surface area contributed by atoms with Gasteiger partial charge in [0.2, 0.25) is 21.1 Å². The molecule has 3 rings (SSSR count). The number of hydrogen-bond acceptors (Lipinski definition) is 7. The fourth-order valence-corrected chi connectivity index (χ4v) is 6.28. The van der Waals surface area contributed by atoms with Gasteiger partial charge in [0.25, 0.3) is 0 Å². The lowest BCUT2D eigenvalue weighted by Gasteiger charge is -2.30. The highest BCUT2D eigenvalue weighted by atomic mass is 32.2. The molecule has 1 saturated heterocycles. The number of carbonyl (C=O) groups excluding carboxylic acids is 1. The molecule has 0 spiro atoms. The number of carbonyl (C=O) groups is 1. The van der Waals surface area contributed by atoms with Gasteiger partial charge in [-0.15, -0.1) is 10.2 Å². The number of benzene rings is 1. The van der Waals surface area contributed by atoms with E-state index in [1.807, 2.05) is 0 Å². The topological polar surface area (TPSA) is 92.3 Å². The van der Waals surface area contributed by atoms with Gasteiger partial charge >= 0.3 is 0 Å². The van der Waals surface area contributed by atoms with Gasteiger partial charge in [0.1, 0.15) is 5.82 Å². The van der Waals surface area contributed by atoms with Crippen LogP contribution in [0.25, 0.3) is 0 Å². The fraction of sp³-hybridized carbons (Fsp3) is 0.471. The summed E-state index contributed by atoms with van der Waals surface area (Å²) in [6, 6.07) is 4.76. The molecule has 2 heterocycles. The van der Waals surface area contributed by atoms with Crippen molar-refractivity contribution >= 4 is 44.2 Å². The largest absolute Gasteiger partial charge is 0.300 e. The highest BCUT2D eigenvalue weighted by Gasteiger charge is 2.32. The van der Waals surface area contributed by atoms with Crippen LogP contribution in [0.1, 0.15) is 26.7 Å². The first-order valence-electron chi connectivity index (χ1n) is 8.82. The van der Waals surface area contributed by atoms with Crippen molar-refractivity contribution < 1.29 is 17.6 Å². The van der Waals surface area contributed by atoms with Crippen molar-refractivity contribution in [2.45, 2.75) is 41.2 Å². The molecule has 0 saturated carbocycles. The third kappa shape index (κ3) is 5.07. The first-order valence-corrected chi connectivity index (χ1v) is 12.0. The zero-order valence-corrected chi connectivity index (χ0v) is 17.9. The molecule has 152 valence electrons. The predicted octanol–water partition coefficient (Wildman–Crippen LogP) is 3.22. The standard InChI is InChI=1S/C17H21FN4O3S3/c1-11(2)26-17-21-20-16(27-17)19-15(23)12-7-9-22(10-8-12)28(24,25)14-5-3-13(18)4-6-14/h3-6,11-12H,7-10H2,1-2H3,(H,19,20,23). The third-order valence-electron chi connectivity index (χ3n) is 4.25. The smallest absolute Gasteiger partial charge is 0.243 e. The van der Waals surface area contributed by atoms with Gasteiger partial charge in [-0.05, 0) is 37.1 Å². The van der Waals surface area contributed by atoms with Crippen LogP contribution >= 0.6 is 23.1 Å². The van der Waals surface area contributed by atoms with Crippen molar-refractivity contribution in [1.29, 1.82) is 0 Å². The van der Waals surface area contributed by atoms with Crippen LogP contribution in [0.15, 0.2) is 33.5 Å². The van der Waals surface area contributed by atoms with Gasteiger partial charge in [-0.2, -0.15) is 4.31 Å². The van der Waals surface area contributed by atoms with E-state index < -0.39 is 15.8 Å². The third-order valence-corrected chi connectivity index (χ3v) is 8.09. The van der Waals surface area contributed by atoms with E-state index in [0.29, 0.717) is 23.2 Å². The summed E-state index contributed by atoms with van der Waals surface area (Å²) in [5, 5.41) is 11.6. The van der Waals surface area contributed by atoms with Crippen LogP contribution in [0.5, 0.6) is 0 Å². The quantitative estimate of drug-likeness (QED) is 0.543. The minimum absolute atomic E-state index is 0.0563. The van der Waals surface area contributed by atoms with Crippen LogP contribution in [0.2, 0.25) is 0 Å². The number of aromatic nitrogens is 2. The van der Waals surface area contributed by atoms with E-state index >= 15 is 0 Å². The fourth-order valence-electron chi connectivity index (χ4n) is 2.83. The number of thioether (sulfide) groups is 1. The second kappa shape index (κ2) is 8.85. The molecule has 1 aliphatic heterocycles. The van der Waals surface area contributed by atoms with Crippen molar-refractivity contribution in [2.24, 2.45) is 5.92 Å². The predicted molar refractivity (Wildman–Crippen MR) is 107 cm³/mol. The summed E-state index contributed by atoms with van der Waals surface area (Å²) in [6.45, 7) is 4.58. The van der Waals surface area contributed by atoms with Gasteiger partial charge in [-0.25, -0.2) is 12.8 Å². The molecular weight excluding hydrogens is 423 g/mol. The van der Waals surface area contributed by atoms with E-state index in [2.05, 4.69) is 29.4 Å². The first kappa shape index (κ1) is 21.2. The Balaban J connectivity index is 1.56. The summed E-state index contributed by atoms with van der Waals surface area (Å²) in [5.74, 6) is -0.943. The molecule has 1 amide bonds. The molecular formula is C17H21FN4O3S3. The summed E-state index contributed by atoms with van der Waals surface area (Å²) in [4.78, 5) is 12.5. The van der Waals surface area contributed by atoms with Crippen LogP contribution in [0, 0.1) is 11.7 Å². The minimum Gasteiger partial charge on any atom is -0.300 e. The number of nitrogens with zero attached hydrogens (tertiary/aromatic N) is 3. The van der Waals surface area contributed by atoms with E-state index in [9.17, 15) is 17.6 Å². The molecule has 1 fully saturated rings. The number of nitrogens with one attached hydrogen (secondary N) is 1. The SMILES string of the molecule is CC(C)Sc1nnc(NC(=O)C2CCN(S(=O)(=O)c3ccc(F)cc3)CC2)s1. The van der Waals surface area contributed by atoms with Gasteiger partial charge in [0.05, 0.1) is 4.90 Å². The average Bonchev–Trinajstić information content (AvgIpc) is 3.08. The Morgan fingerprint density at radius 2 is 1.89 bits per heavy atom. The number of sulfonamides is 1. The highest BCUT2D eigenvalue weighted by Crippen LogP contribution is 2.30. The normalized spacial score (nSPS) is 16.4. The molecule has 2 aromatic rings. The Morgan fingerprint density at radius 1 is 1.25 bits per heavy atom. The van der Waals surface area contributed by atoms with E-state index in [1.165, 1.54) is 27.8 Å². The first-order chi connectivity index (χ1) is 13.3. The number of hydrogen-bond donors (Lipinski definition) is 1. The lowest BCUT2D eigenvalue weighted by molar-refractivity contribution is -0.120. The van der Waals surface area contributed by atoms with Gasteiger partial charge in [-0.3, -0.25) is 4.79 Å². The van der Waals surface area contributed by atoms with Crippen LogP contribution in [-0.2, 0) is 14.8 Å². The van der Waals surface area contributed by atoms with Crippen molar-refractivity contribution in [3.63, 3.8) is 0 Å². The number of halogens is 1. The second-order valence-electron chi connectivity index (χ2n) is 6.66. The summed E-state index contributed by atoms with van der Waals surface area (Å²) in [6.07, 6.45) is 0.831. The molecule has 7 nitrogen and oxygen atoms in total. The molecule has 1 aromatic carbocycles. The maximum absolute atomic E-state index is 13.0. The lowest BCUT2D eigenvalue weighted by atomic mass is 9.97. The lowest BCUT2D eigenvalue weighted by Crippen LogP contribution is -2.41. The monoisotopic (exact) mass is 444 g/mol. The maximum atomic E-state index is 13.0. The minimum atomic E-state index is -3.68. The average molecular weight is 445 g/mol. The molecule has 11 heteroatoms. The summed E-state index contributed by atoms with van der Waals surface area (Å²) >= 11 is 2.91. The van der Waals surface area contributed by atoms with Crippen LogP contribution in [0.3, 0.4) is 0 Å². The van der Waals surface area contributed by atoms with Gasteiger partial charge in [0, 0.05) is 24.3 Å². The molecule has 0 aliphatic carbocycles. The highest BCUT2D eigenvalue weighted by molar-refractivity contribution is 8.01. The Hall–Kier alpha value is -1.56. The van der Waals surface area contributed by atoms with Crippen molar-refractivity contribution in [3.05, 3.63) is 30.1 Å². The molecule has 1 aromatic heterocycles. The number of piperidine rings is 1. The maximum Gasteiger partial charge on any atom is 0.243 e. The molecule has 0 bridgehead atoms. The van der Waals surface area contributed by atoms with Gasteiger partial charge < -0.3 is 5.32 Å². The van der Waals surface area contributed by atoms with E-state index in [-0.39, 0.29) is 29.8 Å². The van der Waals surface area contributed by atoms with E-state index in [1.54, 1.807) is 11.8 Å². The molecule has 0 atom stereocenters. The molecule has 0 unspecified atom stereocenters. The van der Waals surface area contributed by atoms with Gasteiger partial charge in [0.15, 0.2) is 4.34 Å². The molecule has 0 radical (unpaired) electrons.